The van der Waals surface area contributed by atoms with Gasteiger partial charge in [0.1, 0.15) is 23.5 Å². The number of hydrogen-bond donors (Lipinski definition) is 0. The van der Waals surface area contributed by atoms with Crippen LogP contribution < -0.4 is 0 Å². The Morgan fingerprint density at radius 3 is 2.50 bits per heavy atom. The van der Waals surface area contributed by atoms with Gasteiger partial charge in [-0.2, -0.15) is 0 Å². The zero-order chi connectivity index (χ0) is 18.6. The first kappa shape index (κ1) is 17.4. The van der Waals surface area contributed by atoms with Gasteiger partial charge in [0.15, 0.2) is 0 Å². The van der Waals surface area contributed by atoms with Crippen molar-refractivity contribution in [2.24, 2.45) is 4.99 Å². The lowest BCUT2D eigenvalue weighted by molar-refractivity contribution is 0.578. The second-order valence-electron chi connectivity index (χ2n) is 6.10. The first-order chi connectivity index (χ1) is 12.4. The number of benzene rings is 2. The molecule has 2 heterocycles. The summed E-state index contributed by atoms with van der Waals surface area (Å²) in [5, 5.41) is 0.344. The van der Waals surface area contributed by atoms with Crippen molar-refractivity contribution in [3.05, 3.63) is 80.3 Å². The Morgan fingerprint density at radius 1 is 1.12 bits per heavy atom. The number of aliphatic imine (C=N–C) groups is 1. The maximum Gasteiger partial charge on any atom is 0.138 e. The van der Waals surface area contributed by atoms with Crippen molar-refractivity contribution < 1.29 is 8.78 Å². The second-order valence-corrected chi connectivity index (χ2v) is 7.33. The number of fused-ring (bicyclic) bond motifs is 3. The van der Waals surface area contributed by atoms with E-state index in [1.54, 1.807) is 12.3 Å². The highest BCUT2D eigenvalue weighted by Crippen LogP contribution is 2.38. The molecule has 0 radical (unpaired) electrons. The van der Waals surface area contributed by atoms with E-state index in [4.69, 9.17) is 11.6 Å². The van der Waals surface area contributed by atoms with Crippen LogP contribution >= 0.6 is 27.5 Å². The third kappa shape index (κ3) is 2.51. The van der Waals surface area contributed by atoms with Crippen molar-refractivity contribution >= 4 is 33.2 Å². The third-order valence-corrected chi connectivity index (χ3v) is 5.69. The molecule has 0 bridgehead atoms. The maximum atomic E-state index is 14.6. The largest absolute Gasteiger partial charge is 0.298 e. The van der Waals surface area contributed by atoms with E-state index in [0.29, 0.717) is 26.6 Å². The summed E-state index contributed by atoms with van der Waals surface area (Å²) < 4.78 is 31.7. The average molecular weight is 437 g/mol. The fourth-order valence-electron chi connectivity index (χ4n) is 3.25. The lowest BCUT2D eigenvalue weighted by Gasteiger charge is -2.16. The number of hydrogen-bond acceptors (Lipinski definition) is 2. The molecule has 1 aromatic heterocycles. The molecule has 0 aliphatic carbocycles. The highest BCUT2D eigenvalue weighted by atomic mass is 79.9. The van der Waals surface area contributed by atoms with Gasteiger partial charge in [-0.1, -0.05) is 17.7 Å². The zero-order valence-corrected chi connectivity index (χ0v) is 16.2. The molecule has 26 heavy (non-hydrogen) atoms. The normalized spacial score (nSPS) is 15.9. The highest BCUT2D eigenvalue weighted by molar-refractivity contribution is 9.10. The van der Waals surface area contributed by atoms with E-state index in [1.165, 1.54) is 18.2 Å². The van der Waals surface area contributed by atoms with E-state index < -0.39 is 17.7 Å². The number of imidazole rings is 1. The summed E-state index contributed by atoms with van der Waals surface area (Å²) in [5.41, 5.74) is 2.03. The number of aryl methyl sites for hydroxylation is 1. The first-order valence-electron chi connectivity index (χ1n) is 7.95. The monoisotopic (exact) mass is 435 g/mol. The first-order valence-corrected chi connectivity index (χ1v) is 9.12. The average Bonchev–Trinajstić information content (AvgIpc) is 2.92. The standard InChI is InChI=1S/C19H13BrClF2N3/c1-9-8-24-19-10(2)25-18(15-12(22)4-3-5-13(15)23)16-14(26(9)19)7-6-11(20)17(16)21/h3-8,10H,1-2H3/t10-/m0/s1. The smallest absolute Gasteiger partial charge is 0.138 e. The van der Waals surface area contributed by atoms with Gasteiger partial charge in [0.05, 0.1) is 22.0 Å². The van der Waals surface area contributed by atoms with Crippen molar-refractivity contribution in [1.82, 2.24) is 9.55 Å². The molecule has 0 saturated heterocycles. The molecular weight excluding hydrogens is 424 g/mol. The highest BCUT2D eigenvalue weighted by Gasteiger charge is 2.30. The molecular formula is C19H13BrClF2N3. The molecule has 0 fully saturated rings. The van der Waals surface area contributed by atoms with Crippen LogP contribution in [0.3, 0.4) is 0 Å². The van der Waals surface area contributed by atoms with E-state index in [-0.39, 0.29) is 11.3 Å². The Labute approximate surface area is 162 Å². The van der Waals surface area contributed by atoms with E-state index >= 15 is 0 Å². The second kappa shape index (κ2) is 6.28. The Hall–Kier alpha value is -2.05. The lowest BCUT2D eigenvalue weighted by atomic mass is 9.99. The van der Waals surface area contributed by atoms with Crippen LogP contribution in [0.25, 0.3) is 5.69 Å². The third-order valence-electron chi connectivity index (χ3n) is 4.41. The summed E-state index contributed by atoms with van der Waals surface area (Å²) in [6, 6.07) is 7.00. The van der Waals surface area contributed by atoms with Gasteiger partial charge in [0.25, 0.3) is 0 Å². The van der Waals surface area contributed by atoms with Crippen LogP contribution in [0.5, 0.6) is 0 Å². The quantitative estimate of drug-likeness (QED) is 0.475. The molecule has 0 N–H and O–H groups in total. The minimum atomic E-state index is -0.686. The van der Waals surface area contributed by atoms with Crippen LogP contribution in [0.1, 0.15) is 35.6 Å². The van der Waals surface area contributed by atoms with Gasteiger partial charge in [-0.25, -0.2) is 13.8 Å². The zero-order valence-electron chi connectivity index (χ0n) is 13.9. The maximum absolute atomic E-state index is 14.6. The number of rotatable bonds is 1. The van der Waals surface area contributed by atoms with E-state index in [1.807, 2.05) is 24.5 Å². The van der Waals surface area contributed by atoms with Crippen LogP contribution in [0.15, 0.2) is 46.0 Å². The Balaban J connectivity index is 2.14. The van der Waals surface area contributed by atoms with Crippen LogP contribution in [0.2, 0.25) is 5.02 Å². The molecule has 0 unspecified atom stereocenters. The van der Waals surface area contributed by atoms with E-state index in [9.17, 15) is 8.78 Å². The molecule has 1 aliphatic heterocycles. The Bertz CT molecular complexity index is 1050. The van der Waals surface area contributed by atoms with Crippen molar-refractivity contribution in [3.63, 3.8) is 0 Å². The number of halogens is 4. The van der Waals surface area contributed by atoms with Crippen molar-refractivity contribution in [2.75, 3.05) is 0 Å². The van der Waals surface area contributed by atoms with Gasteiger partial charge in [-0.3, -0.25) is 9.56 Å². The SMILES string of the molecule is Cc1cnc2n1-c1ccc(Br)c(Cl)c1C(c1c(F)cccc1F)=N[C@H]2C. The lowest BCUT2D eigenvalue weighted by Crippen LogP contribution is -2.12. The number of nitrogens with zero attached hydrogens (tertiary/aromatic N) is 3. The molecule has 3 aromatic rings. The summed E-state index contributed by atoms with van der Waals surface area (Å²) in [6.07, 6.45) is 1.75. The van der Waals surface area contributed by atoms with Crippen LogP contribution in [-0.2, 0) is 0 Å². The molecule has 0 saturated carbocycles. The Morgan fingerprint density at radius 2 is 1.81 bits per heavy atom. The summed E-state index contributed by atoms with van der Waals surface area (Å²) in [7, 11) is 0. The summed E-state index contributed by atoms with van der Waals surface area (Å²) in [4.78, 5) is 9.05. The summed E-state index contributed by atoms with van der Waals surface area (Å²) in [6.45, 7) is 3.75. The summed E-state index contributed by atoms with van der Waals surface area (Å²) >= 11 is 9.96. The van der Waals surface area contributed by atoms with Gasteiger partial charge in [-0.05, 0) is 54.0 Å². The number of aromatic nitrogens is 2. The van der Waals surface area contributed by atoms with Crippen molar-refractivity contribution in [1.29, 1.82) is 0 Å². The van der Waals surface area contributed by atoms with Crippen LogP contribution in [-0.4, -0.2) is 15.3 Å². The van der Waals surface area contributed by atoms with Gasteiger partial charge in [0, 0.05) is 21.9 Å². The molecule has 3 nitrogen and oxygen atoms in total. The van der Waals surface area contributed by atoms with Crippen LogP contribution in [0.4, 0.5) is 8.78 Å². The van der Waals surface area contributed by atoms with Crippen molar-refractivity contribution in [2.45, 2.75) is 19.9 Å². The molecule has 7 heteroatoms. The van der Waals surface area contributed by atoms with E-state index in [0.717, 1.165) is 5.69 Å². The van der Waals surface area contributed by atoms with Gasteiger partial charge in [-0.15, -0.1) is 0 Å². The van der Waals surface area contributed by atoms with Crippen LogP contribution in [0, 0.1) is 18.6 Å². The van der Waals surface area contributed by atoms with E-state index in [2.05, 4.69) is 25.9 Å². The topological polar surface area (TPSA) is 30.2 Å². The predicted octanol–water partition coefficient (Wildman–Crippen LogP) is 5.79. The summed E-state index contributed by atoms with van der Waals surface area (Å²) in [5.74, 6) is -0.683. The molecule has 0 spiro atoms. The Kier molecular flexibility index (Phi) is 4.20. The fraction of sp³-hybridized carbons (Fsp3) is 0.158. The van der Waals surface area contributed by atoms with Gasteiger partial charge < -0.3 is 0 Å². The van der Waals surface area contributed by atoms with Gasteiger partial charge >= 0.3 is 0 Å². The molecule has 0 amide bonds. The fourth-order valence-corrected chi connectivity index (χ4v) is 3.83. The molecule has 132 valence electrons. The minimum Gasteiger partial charge on any atom is -0.298 e. The molecule has 1 atom stereocenters. The molecule has 1 aliphatic rings. The molecule has 4 rings (SSSR count). The predicted molar refractivity (Wildman–Crippen MR) is 101 cm³/mol. The minimum absolute atomic E-state index is 0.180. The van der Waals surface area contributed by atoms with Crippen molar-refractivity contribution in [3.8, 4) is 5.69 Å². The van der Waals surface area contributed by atoms with Gasteiger partial charge in [0.2, 0.25) is 0 Å². The molecule has 2 aromatic carbocycles.